The third kappa shape index (κ3) is 2.38. The predicted molar refractivity (Wildman–Crippen MR) is 82.7 cm³/mol. The fourth-order valence-electron chi connectivity index (χ4n) is 1.94. The van der Waals surface area contributed by atoms with Crippen LogP contribution in [0.5, 0.6) is 11.5 Å². The van der Waals surface area contributed by atoms with Crippen LogP contribution in [-0.4, -0.2) is 4.98 Å². The van der Waals surface area contributed by atoms with Crippen molar-refractivity contribution in [1.29, 1.82) is 0 Å². The molecule has 0 fully saturated rings. The van der Waals surface area contributed by atoms with Gasteiger partial charge in [0.05, 0.1) is 10.7 Å². The third-order valence-electron chi connectivity index (χ3n) is 2.94. The van der Waals surface area contributed by atoms with Gasteiger partial charge >= 0.3 is 0 Å². The maximum absolute atomic E-state index is 6.12. The second kappa shape index (κ2) is 5.19. The van der Waals surface area contributed by atoms with Crippen molar-refractivity contribution in [1.82, 2.24) is 4.98 Å². The van der Waals surface area contributed by atoms with Crippen LogP contribution in [0.3, 0.4) is 0 Å². The molecule has 5 heteroatoms. The Balaban J connectivity index is 2.04. The average Bonchev–Trinajstić information content (AvgIpc) is 2.45. The van der Waals surface area contributed by atoms with Crippen molar-refractivity contribution < 1.29 is 4.74 Å². The van der Waals surface area contributed by atoms with Crippen molar-refractivity contribution in [3.05, 3.63) is 58.8 Å². The Hall–Kier alpha value is -1.97. The Morgan fingerprint density at radius 1 is 1.00 bits per heavy atom. The highest BCUT2D eigenvalue weighted by molar-refractivity contribution is 6.35. The van der Waals surface area contributed by atoms with Gasteiger partial charge in [0.2, 0.25) is 0 Å². The van der Waals surface area contributed by atoms with Crippen LogP contribution in [0.2, 0.25) is 10.0 Å². The Labute approximate surface area is 125 Å². The highest BCUT2D eigenvalue weighted by Crippen LogP contribution is 2.36. The molecule has 2 aromatic carbocycles. The molecule has 0 amide bonds. The zero-order chi connectivity index (χ0) is 14.1. The first-order valence-corrected chi connectivity index (χ1v) is 6.66. The molecular formula is C15H10Cl2N2O. The second-order valence-corrected chi connectivity index (χ2v) is 5.09. The van der Waals surface area contributed by atoms with Gasteiger partial charge in [0.1, 0.15) is 5.75 Å². The number of rotatable bonds is 2. The number of benzene rings is 2. The number of pyridine rings is 1. The van der Waals surface area contributed by atoms with Crippen molar-refractivity contribution in [3.63, 3.8) is 0 Å². The third-order valence-corrected chi connectivity index (χ3v) is 3.47. The Morgan fingerprint density at radius 3 is 2.60 bits per heavy atom. The van der Waals surface area contributed by atoms with E-state index >= 15 is 0 Å². The largest absolute Gasteiger partial charge is 0.454 e. The summed E-state index contributed by atoms with van der Waals surface area (Å²) in [6.07, 6.45) is 3.45. The minimum absolute atomic E-state index is 0.437. The first-order valence-electron chi connectivity index (χ1n) is 5.90. The lowest BCUT2D eigenvalue weighted by Crippen LogP contribution is -1.94. The molecule has 0 radical (unpaired) electrons. The molecule has 0 aliphatic carbocycles. The summed E-state index contributed by atoms with van der Waals surface area (Å²) >= 11 is 11.9. The number of nitrogens with two attached hydrogens (primary N) is 1. The number of nitrogen functional groups attached to an aromatic ring is 1. The Morgan fingerprint density at radius 2 is 1.80 bits per heavy atom. The second-order valence-electron chi connectivity index (χ2n) is 4.25. The van der Waals surface area contributed by atoms with Crippen molar-refractivity contribution in [2.75, 3.05) is 5.73 Å². The summed E-state index contributed by atoms with van der Waals surface area (Å²) in [5.74, 6) is 1.06. The van der Waals surface area contributed by atoms with Crippen molar-refractivity contribution in [2.24, 2.45) is 0 Å². The molecule has 0 aliphatic heterocycles. The van der Waals surface area contributed by atoms with E-state index in [-0.39, 0.29) is 0 Å². The minimum Gasteiger partial charge on any atom is -0.454 e. The summed E-state index contributed by atoms with van der Waals surface area (Å²) in [5.41, 5.74) is 6.68. The molecule has 0 saturated heterocycles. The van der Waals surface area contributed by atoms with Crippen LogP contribution in [0.1, 0.15) is 0 Å². The van der Waals surface area contributed by atoms with Gasteiger partial charge < -0.3 is 10.5 Å². The van der Waals surface area contributed by atoms with Crippen molar-refractivity contribution in [3.8, 4) is 11.5 Å². The van der Waals surface area contributed by atoms with Crippen LogP contribution in [0.4, 0.5) is 5.69 Å². The minimum atomic E-state index is 0.437. The highest BCUT2D eigenvalue weighted by Gasteiger charge is 2.09. The molecule has 1 heterocycles. The fourth-order valence-corrected chi connectivity index (χ4v) is 2.39. The molecule has 0 bridgehead atoms. The molecule has 0 spiro atoms. The number of hydrogen-bond acceptors (Lipinski definition) is 3. The van der Waals surface area contributed by atoms with E-state index in [0.717, 1.165) is 10.8 Å². The first kappa shape index (κ1) is 13.0. The van der Waals surface area contributed by atoms with Gasteiger partial charge in [0.25, 0.3) is 0 Å². The summed E-state index contributed by atoms with van der Waals surface area (Å²) in [4.78, 5) is 4.06. The topological polar surface area (TPSA) is 48.1 Å². The van der Waals surface area contributed by atoms with Gasteiger partial charge in [-0.2, -0.15) is 0 Å². The summed E-state index contributed by atoms with van der Waals surface area (Å²) < 4.78 is 5.77. The van der Waals surface area contributed by atoms with Crippen LogP contribution in [0.15, 0.2) is 48.8 Å². The van der Waals surface area contributed by atoms with E-state index in [4.69, 9.17) is 33.7 Å². The number of hydrogen-bond donors (Lipinski definition) is 1. The fraction of sp³-hybridized carbons (Fsp3) is 0. The zero-order valence-electron chi connectivity index (χ0n) is 10.3. The summed E-state index contributed by atoms with van der Waals surface area (Å²) in [5, 5.41) is 2.84. The average molecular weight is 305 g/mol. The molecule has 0 unspecified atom stereocenters. The number of fused-ring (bicyclic) bond motifs is 1. The molecule has 20 heavy (non-hydrogen) atoms. The molecule has 0 saturated carbocycles. The summed E-state index contributed by atoms with van der Waals surface area (Å²) in [7, 11) is 0. The van der Waals surface area contributed by atoms with E-state index in [9.17, 15) is 0 Å². The quantitative estimate of drug-likeness (QED) is 0.684. The van der Waals surface area contributed by atoms with Crippen molar-refractivity contribution in [2.45, 2.75) is 0 Å². The van der Waals surface area contributed by atoms with E-state index in [0.29, 0.717) is 27.2 Å². The molecular weight excluding hydrogens is 295 g/mol. The lowest BCUT2D eigenvalue weighted by molar-refractivity contribution is 0.486. The molecule has 0 aliphatic rings. The van der Waals surface area contributed by atoms with Gasteiger partial charge in [-0.3, -0.25) is 4.98 Å². The Kier molecular flexibility index (Phi) is 3.38. The summed E-state index contributed by atoms with van der Waals surface area (Å²) in [6, 6.07) is 10.6. The molecule has 3 rings (SSSR count). The van der Waals surface area contributed by atoms with Gasteiger partial charge in [-0.05, 0) is 36.4 Å². The van der Waals surface area contributed by atoms with E-state index in [2.05, 4.69) is 4.98 Å². The zero-order valence-corrected chi connectivity index (χ0v) is 11.8. The highest BCUT2D eigenvalue weighted by atomic mass is 35.5. The van der Waals surface area contributed by atoms with E-state index < -0.39 is 0 Å². The molecule has 3 aromatic rings. The number of ether oxygens (including phenoxy) is 1. The lowest BCUT2D eigenvalue weighted by atomic mass is 10.1. The van der Waals surface area contributed by atoms with E-state index in [1.54, 1.807) is 36.7 Å². The molecule has 3 nitrogen and oxygen atoms in total. The number of anilines is 1. The maximum atomic E-state index is 6.12. The molecule has 1 aromatic heterocycles. The monoisotopic (exact) mass is 304 g/mol. The van der Waals surface area contributed by atoms with Crippen LogP contribution in [0.25, 0.3) is 10.8 Å². The van der Waals surface area contributed by atoms with Gasteiger partial charge in [-0.15, -0.1) is 0 Å². The molecule has 2 N–H and O–H groups in total. The summed E-state index contributed by atoms with van der Waals surface area (Å²) in [6.45, 7) is 0. The SMILES string of the molecule is Nc1c(Oc2ccc(Cl)cc2Cl)ccc2cnccc12. The lowest BCUT2D eigenvalue weighted by Gasteiger charge is -2.11. The van der Waals surface area contributed by atoms with Crippen LogP contribution in [-0.2, 0) is 0 Å². The van der Waals surface area contributed by atoms with E-state index in [1.165, 1.54) is 0 Å². The maximum Gasteiger partial charge on any atom is 0.151 e. The standard InChI is InChI=1S/C15H10Cl2N2O/c16-10-2-4-13(12(17)7-10)20-14-3-1-9-8-19-6-5-11(9)15(14)18/h1-8H,18H2. The Bertz CT molecular complexity index is 790. The van der Waals surface area contributed by atoms with Gasteiger partial charge in [-0.1, -0.05) is 23.2 Å². The normalized spacial score (nSPS) is 10.7. The number of aromatic nitrogens is 1. The first-order chi connectivity index (χ1) is 9.65. The van der Waals surface area contributed by atoms with Crippen LogP contribution < -0.4 is 10.5 Å². The van der Waals surface area contributed by atoms with Gasteiger partial charge in [0, 0.05) is 28.2 Å². The van der Waals surface area contributed by atoms with Crippen molar-refractivity contribution >= 4 is 39.7 Å². The van der Waals surface area contributed by atoms with Crippen LogP contribution >= 0.6 is 23.2 Å². The molecule has 100 valence electrons. The van der Waals surface area contributed by atoms with E-state index in [1.807, 2.05) is 12.1 Å². The van der Waals surface area contributed by atoms with Crippen LogP contribution in [0, 0.1) is 0 Å². The predicted octanol–water partition coefficient (Wildman–Crippen LogP) is 4.92. The molecule has 0 atom stereocenters. The smallest absolute Gasteiger partial charge is 0.151 e. The number of nitrogens with zero attached hydrogens (tertiary/aromatic N) is 1. The number of halogens is 2. The van der Waals surface area contributed by atoms with Gasteiger partial charge in [-0.25, -0.2) is 0 Å². The van der Waals surface area contributed by atoms with Gasteiger partial charge in [0.15, 0.2) is 5.75 Å².